The van der Waals surface area contributed by atoms with Gasteiger partial charge in [-0.05, 0) is 30.9 Å². The van der Waals surface area contributed by atoms with Crippen molar-refractivity contribution in [1.29, 1.82) is 0 Å². The number of esters is 1. The summed E-state index contributed by atoms with van der Waals surface area (Å²) < 4.78 is 27.7. The van der Waals surface area contributed by atoms with Gasteiger partial charge in [0.25, 0.3) is 9.05 Å². The Morgan fingerprint density at radius 2 is 1.90 bits per heavy atom. The van der Waals surface area contributed by atoms with Crippen LogP contribution >= 0.6 is 33.9 Å². The predicted octanol–water partition coefficient (Wildman–Crippen LogP) is 4.51. The summed E-state index contributed by atoms with van der Waals surface area (Å²) >= 11 is 11.7. The van der Waals surface area contributed by atoms with Crippen LogP contribution in [0.3, 0.4) is 0 Å². The van der Waals surface area contributed by atoms with Crippen molar-refractivity contribution in [3.8, 4) is 0 Å². The van der Waals surface area contributed by atoms with Crippen LogP contribution in [-0.2, 0) is 13.8 Å². The largest absolute Gasteiger partial charge is 0.462 e. The first-order chi connectivity index (χ1) is 9.62. The maximum absolute atomic E-state index is 11.9. The zero-order chi connectivity index (χ0) is 16.2. The first-order valence-corrected chi connectivity index (χ1v) is 9.30. The van der Waals surface area contributed by atoms with Crippen LogP contribution in [0, 0.1) is 5.92 Å². The summed E-state index contributed by atoms with van der Waals surface area (Å²) in [6.07, 6.45) is 1.63. The van der Waals surface area contributed by atoms with Crippen molar-refractivity contribution >= 4 is 48.9 Å². The lowest BCUT2D eigenvalue weighted by Gasteiger charge is -2.09. The smallest absolute Gasteiger partial charge is 0.339 e. The molecule has 0 atom stereocenters. The van der Waals surface area contributed by atoms with Gasteiger partial charge in [-0.15, -0.1) is 0 Å². The third-order valence-electron chi connectivity index (χ3n) is 2.66. The highest BCUT2D eigenvalue weighted by molar-refractivity contribution is 8.13. The highest BCUT2D eigenvalue weighted by Gasteiger charge is 2.20. The summed E-state index contributed by atoms with van der Waals surface area (Å²) in [4.78, 5) is 11.6. The fourth-order valence-corrected chi connectivity index (χ4v) is 2.84. The highest BCUT2D eigenvalue weighted by atomic mass is 35.7. The molecule has 0 aliphatic heterocycles. The molecular weight excluding hydrogens is 359 g/mol. The number of hydrogen-bond acceptors (Lipinski definition) is 4. The van der Waals surface area contributed by atoms with Gasteiger partial charge >= 0.3 is 5.97 Å². The fraction of sp³-hybridized carbons (Fsp3) is 0.462. The molecule has 0 heterocycles. The molecule has 0 unspecified atom stereocenters. The molecule has 0 bridgehead atoms. The van der Waals surface area contributed by atoms with Crippen molar-refractivity contribution in [2.45, 2.75) is 31.6 Å². The van der Waals surface area contributed by atoms with E-state index in [2.05, 4.69) is 13.8 Å². The van der Waals surface area contributed by atoms with Crippen LogP contribution in [-0.4, -0.2) is 21.0 Å². The van der Waals surface area contributed by atoms with Gasteiger partial charge in [0.2, 0.25) is 0 Å². The lowest BCUT2D eigenvalue weighted by Crippen LogP contribution is -2.09. The molecule has 4 nitrogen and oxygen atoms in total. The van der Waals surface area contributed by atoms with Crippen LogP contribution in [0.1, 0.15) is 37.0 Å². The van der Waals surface area contributed by atoms with Gasteiger partial charge in [-0.2, -0.15) is 0 Å². The van der Waals surface area contributed by atoms with Crippen molar-refractivity contribution in [3.63, 3.8) is 0 Å². The Morgan fingerprint density at radius 1 is 1.29 bits per heavy atom. The van der Waals surface area contributed by atoms with Gasteiger partial charge in [-0.25, -0.2) is 13.2 Å². The maximum atomic E-state index is 11.9. The van der Waals surface area contributed by atoms with E-state index in [4.69, 9.17) is 38.6 Å². The first-order valence-electron chi connectivity index (χ1n) is 6.23. The zero-order valence-corrected chi connectivity index (χ0v) is 14.6. The van der Waals surface area contributed by atoms with Crippen molar-refractivity contribution in [1.82, 2.24) is 0 Å². The summed E-state index contributed by atoms with van der Waals surface area (Å²) in [6, 6.07) is 2.14. The van der Waals surface area contributed by atoms with Gasteiger partial charge in [-0.1, -0.05) is 37.0 Å². The average Bonchev–Trinajstić information content (AvgIpc) is 2.35. The zero-order valence-electron chi connectivity index (χ0n) is 11.5. The quantitative estimate of drug-likeness (QED) is 0.418. The highest BCUT2D eigenvalue weighted by Crippen LogP contribution is 2.31. The number of carbonyl (C=O) groups is 1. The Kier molecular flexibility index (Phi) is 6.78. The van der Waals surface area contributed by atoms with E-state index in [0.29, 0.717) is 12.3 Å². The van der Waals surface area contributed by atoms with Crippen LogP contribution in [0.4, 0.5) is 0 Å². The molecule has 1 aromatic carbocycles. The van der Waals surface area contributed by atoms with E-state index < -0.39 is 15.0 Å². The third-order valence-corrected chi connectivity index (χ3v) is 4.80. The third kappa shape index (κ3) is 5.66. The van der Waals surface area contributed by atoms with E-state index in [1.54, 1.807) is 0 Å². The summed E-state index contributed by atoms with van der Waals surface area (Å²) in [7, 11) is 1.23. The molecule has 0 fully saturated rings. The Bertz CT molecular complexity index is 627. The second-order valence-electron chi connectivity index (χ2n) is 4.88. The van der Waals surface area contributed by atoms with E-state index in [1.807, 2.05) is 0 Å². The normalized spacial score (nSPS) is 11.7. The SMILES string of the molecule is CC(C)CCCOC(=O)c1cc(S(=O)(=O)Cl)cc(Cl)c1Cl. The van der Waals surface area contributed by atoms with Crippen LogP contribution in [0.25, 0.3) is 0 Å². The second-order valence-corrected chi connectivity index (χ2v) is 8.23. The number of carbonyl (C=O) groups excluding carboxylic acids is 1. The van der Waals surface area contributed by atoms with Crippen molar-refractivity contribution < 1.29 is 17.9 Å². The number of rotatable bonds is 6. The molecule has 21 heavy (non-hydrogen) atoms. The van der Waals surface area contributed by atoms with Crippen LogP contribution in [0.15, 0.2) is 17.0 Å². The van der Waals surface area contributed by atoms with Gasteiger partial charge in [0.15, 0.2) is 0 Å². The van der Waals surface area contributed by atoms with E-state index >= 15 is 0 Å². The molecule has 0 radical (unpaired) electrons. The molecule has 0 amide bonds. The number of hydrogen-bond donors (Lipinski definition) is 0. The van der Waals surface area contributed by atoms with Crippen molar-refractivity contribution in [3.05, 3.63) is 27.7 Å². The van der Waals surface area contributed by atoms with Gasteiger partial charge in [-0.3, -0.25) is 0 Å². The Labute approximate surface area is 138 Å². The molecule has 1 aromatic rings. The second kappa shape index (κ2) is 7.68. The number of ether oxygens (including phenoxy) is 1. The molecule has 0 aliphatic carbocycles. The Balaban J connectivity index is 2.91. The molecule has 0 saturated carbocycles. The van der Waals surface area contributed by atoms with E-state index in [1.165, 1.54) is 0 Å². The monoisotopic (exact) mass is 372 g/mol. The number of halogens is 3. The average molecular weight is 374 g/mol. The Morgan fingerprint density at radius 3 is 2.43 bits per heavy atom. The van der Waals surface area contributed by atoms with Gasteiger partial charge in [0, 0.05) is 10.7 Å². The van der Waals surface area contributed by atoms with Crippen LogP contribution < -0.4 is 0 Å². The summed E-state index contributed by atoms with van der Waals surface area (Å²) in [6.45, 7) is 4.35. The summed E-state index contributed by atoms with van der Waals surface area (Å²) in [5, 5.41) is -0.137. The van der Waals surface area contributed by atoms with Gasteiger partial charge < -0.3 is 4.74 Å². The van der Waals surface area contributed by atoms with E-state index in [9.17, 15) is 13.2 Å². The standard InChI is InChI=1S/C13H15Cl3O4S/c1-8(2)4-3-5-20-13(17)10-6-9(21(16,18)19)7-11(14)12(10)15/h6-8H,3-5H2,1-2H3. The maximum Gasteiger partial charge on any atom is 0.339 e. The van der Waals surface area contributed by atoms with E-state index in [-0.39, 0.29) is 27.1 Å². The predicted molar refractivity (Wildman–Crippen MR) is 83.9 cm³/mol. The minimum Gasteiger partial charge on any atom is -0.462 e. The van der Waals surface area contributed by atoms with Crippen LogP contribution in [0.2, 0.25) is 10.0 Å². The lowest BCUT2D eigenvalue weighted by atomic mass is 10.1. The van der Waals surface area contributed by atoms with E-state index in [0.717, 1.165) is 18.6 Å². The molecule has 8 heteroatoms. The van der Waals surface area contributed by atoms with Crippen molar-refractivity contribution in [2.75, 3.05) is 6.61 Å². The Hall–Kier alpha value is -0.490. The summed E-state index contributed by atoms with van der Waals surface area (Å²) in [5.74, 6) is -0.223. The lowest BCUT2D eigenvalue weighted by molar-refractivity contribution is 0.0494. The summed E-state index contributed by atoms with van der Waals surface area (Å²) in [5.41, 5.74) is -0.118. The molecule has 1 rings (SSSR count). The van der Waals surface area contributed by atoms with Crippen LogP contribution in [0.5, 0.6) is 0 Å². The topological polar surface area (TPSA) is 60.4 Å². The fourth-order valence-electron chi connectivity index (χ4n) is 1.59. The molecular formula is C13H15Cl3O4S. The molecule has 0 spiro atoms. The minimum absolute atomic E-state index is 0.0606. The van der Waals surface area contributed by atoms with Gasteiger partial charge in [0.05, 0.1) is 27.1 Å². The molecule has 0 aromatic heterocycles. The molecule has 118 valence electrons. The van der Waals surface area contributed by atoms with Gasteiger partial charge in [0.1, 0.15) is 0 Å². The molecule has 0 N–H and O–H groups in total. The number of benzene rings is 1. The molecule has 0 saturated heterocycles. The minimum atomic E-state index is -4.01. The van der Waals surface area contributed by atoms with Crippen molar-refractivity contribution in [2.24, 2.45) is 5.92 Å². The first kappa shape index (κ1) is 18.6. The molecule has 0 aliphatic rings.